The molecule has 0 bridgehead atoms. The SMILES string of the molecule is CC(C)(C)c1ccc(C2C(Nc3ccc(Cl)cc3)CCC2(F)F)cc1. The van der Waals surface area contributed by atoms with Crippen molar-refractivity contribution in [2.45, 2.75) is 56.9 Å². The lowest BCUT2D eigenvalue weighted by molar-refractivity contribution is -0.0101. The van der Waals surface area contributed by atoms with Crippen molar-refractivity contribution < 1.29 is 8.78 Å². The van der Waals surface area contributed by atoms with Gasteiger partial charge in [-0.1, -0.05) is 56.6 Å². The van der Waals surface area contributed by atoms with Crippen LogP contribution in [0.1, 0.15) is 50.7 Å². The lowest BCUT2D eigenvalue weighted by Gasteiger charge is -2.27. The van der Waals surface area contributed by atoms with E-state index in [0.29, 0.717) is 17.0 Å². The first-order valence-electron chi connectivity index (χ1n) is 8.67. The molecule has 0 radical (unpaired) electrons. The zero-order valence-electron chi connectivity index (χ0n) is 14.8. The molecule has 0 aliphatic heterocycles. The molecule has 1 saturated carbocycles. The molecule has 1 N–H and O–H groups in total. The van der Waals surface area contributed by atoms with Crippen molar-refractivity contribution >= 4 is 17.3 Å². The first-order valence-corrected chi connectivity index (χ1v) is 9.05. The van der Waals surface area contributed by atoms with Gasteiger partial charge in [0.15, 0.2) is 0 Å². The highest BCUT2D eigenvalue weighted by molar-refractivity contribution is 6.30. The highest BCUT2D eigenvalue weighted by atomic mass is 35.5. The molecule has 134 valence electrons. The maximum Gasteiger partial charge on any atom is 0.256 e. The van der Waals surface area contributed by atoms with Crippen molar-refractivity contribution in [3.63, 3.8) is 0 Å². The van der Waals surface area contributed by atoms with Crippen LogP contribution in [0, 0.1) is 0 Å². The average molecular weight is 364 g/mol. The molecule has 0 saturated heterocycles. The fourth-order valence-electron chi connectivity index (χ4n) is 3.55. The van der Waals surface area contributed by atoms with E-state index >= 15 is 0 Å². The summed E-state index contributed by atoms with van der Waals surface area (Å²) in [6.07, 6.45) is 0.352. The lowest BCUT2D eigenvalue weighted by Crippen LogP contribution is -2.31. The fraction of sp³-hybridized carbons (Fsp3) is 0.429. The van der Waals surface area contributed by atoms with E-state index in [2.05, 4.69) is 26.1 Å². The number of alkyl halides is 2. The molecule has 1 nitrogen and oxygen atoms in total. The summed E-state index contributed by atoms with van der Waals surface area (Å²) in [4.78, 5) is 0. The maximum absolute atomic E-state index is 14.6. The molecule has 0 amide bonds. The van der Waals surface area contributed by atoms with Crippen molar-refractivity contribution in [2.75, 3.05) is 5.32 Å². The van der Waals surface area contributed by atoms with Gasteiger partial charge in [-0.25, -0.2) is 8.78 Å². The number of benzene rings is 2. The monoisotopic (exact) mass is 363 g/mol. The van der Waals surface area contributed by atoms with Gasteiger partial charge in [-0.3, -0.25) is 0 Å². The largest absolute Gasteiger partial charge is 0.381 e. The molecular weight excluding hydrogens is 340 g/mol. The number of hydrogen-bond acceptors (Lipinski definition) is 1. The second-order valence-corrected chi connectivity index (χ2v) is 8.34. The van der Waals surface area contributed by atoms with Crippen LogP contribution < -0.4 is 5.32 Å². The Bertz CT molecular complexity index is 717. The van der Waals surface area contributed by atoms with Crippen LogP contribution in [0.2, 0.25) is 5.02 Å². The Morgan fingerprint density at radius 2 is 1.60 bits per heavy atom. The second kappa shape index (κ2) is 6.60. The Balaban J connectivity index is 1.86. The fourth-order valence-corrected chi connectivity index (χ4v) is 3.67. The third-order valence-corrected chi connectivity index (χ3v) is 5.23. The highest BCUT2D eigenvalue weighted by Crippen LogP contribution is 2.48. The first-order chi connectivity index (χ1) is 11.7. The predicted octanol–water partition coefficient (Wildman–Crippen LogP) is 6.63. The van der Waals surface area contributed by atoms with Gasteiger partial charge in [0.25, 0.3) is 5.92 Å². The Hall–Kier alpha value is -1.61. The standard InChI is InChI=1S/C21H24ClF2N/c1-20(2,3)15-6-4-14(5-7-15)19-18(12-13-21(19,23)24)25-17-10-8-16(22)9-11-17/h4-11,18-19,25H,12-13H2,1-3H3. The number of anilines is 1. The van der Waals surface area contributed by atoms with Crippen molar-refractivity contribution in [3.8, 4) is 0 Å². The van der Waals surface area contributed by atoms with E-state index in [0.717, 1.165) is 11.3 Å². The predicted molar refractivity (Wildman–Crippen MR) is 101 cm³/mol. The molecule has 2 unspecified atom stereocenters. The zero-order chi connectivity index (χ0) is 18.2. The summed E-state index contributed by atoms with van der Waals surface area (Å²) in [5, 5.41) is 3.91. The van der Waals surface area contributed by atoms with E-state index in [1.54, 1.807) is 12.1 Å². The molecule has 3 rings (SSSR count). The number of nitrogens with one attached hydrogen (secondary N) is 1. The van der Waals surface area contributed by atoms with Gasteiger partial charge in [0.2, 0.25) is 0 Å². The van der Waals surface area contributed by atoms with Gasteiger partial charge in [-0.05, 0) is 47.2 Å². The average Bonchev–Trinajstić information content (AvgIpc) is 2.83. The van der Waals surface area contributed by atoms with E-state index < -0.39 is 11.8 Å². The maximum atomic E-state index is 14.6. The summed E-state index contributed by atoms with van der Waals surface area (Å²) < 4.78 is 29.2. The summed E-state index contributed by atoms with van der Waals surface area (Å²) in [5.74, 6) is -3.52. The summed E-state index contributed by atoms with van der Waals surface area (Å²) in [7, 11) is 0. The molecule has 0 aromatic heterocycles. The topological polar surface area (TPSA) is 12.0 Å². The van der Waals surface area contributed by atoms with Crippen LogP contribution >= 0.6 is 11.6 Å². The van der Waals surface area contributed by atoms with Crippen molar-refractivity contribution in [1.29, 1.82) is 0 Å². The Morgan fingerprint density at radius 1 is 1.00 bits per heavy atom. The van der Waals surface area contributed by atoms with Crippen LogP contribution in [0.3, 0.4) is 0 Å². The number of rotatable bonds is 3. The van der Waals surface area contributed by atoms with Gasteiger partial charge in [0, 0.05) is 23.2 Å². The third kappa shape index (κ3) is 3.98. The van der Waals surface area contributed by atoms with Crippen LogP contribution in [0.25, 0.3) is 0 Å². The zero-order valence-corrected chi connectivity index (χ0v) is 15.6. The smallest absolute Gasteiger partial charge is 0.256 e. The van der Waals surface area contributed by atoms with Crippen molar-refractivity contribution in [3.05, 3.63) is 64.7 Å². The third-order valence-electron chi connectivity index (χ3n) is 4.98. The van der Waals surface area contributed by atoms with Gasteiger partial charge in [0.1, 0.15) is 0 Å². The van der Waals surface area contributed by atoms with Crippen LogP contribution in [0.15, 0.2) is 48.5 Å². The Kier molecular flexibility index (Phi) is 4.80. The molecule has 1 fully saturated rings. The number of halogens is 3. The minimum absolute atomic E-state index is 0.0116. The number of hydrogen-bond donors (Lipinski definition) is 1. The van der Waals surface area contributed by atoms with Crippen LogP contribution in [0.5, 0.6) is 0 Å². The molecule has 2 aromatic rings. The highest BCUT2D eigenvalue weighted by Gasteiger charge is 2.50. The quantitative estimate of drug-likeness (QED) is 0.645. The van der Waals surface area contributed by atoms with Crippen LogP contribution in [0.4, 0.5) is 14.5 Å². The van der Waals surface area contributed by atoms with Crippen LogP contribution in [-0.2, 0) is 5.41 Å². The minimum atomic E-state index is -2.70. The van der Waals surface area contributed by atoms with Gasteiger partial charge in [0.05, 0.1) is 5.92 Å². The van der Waals surface area contributed by atoms with E-state index in [4.69, 9.17) is 11.6 Å². The van der Waals surface area contributed by atoms with Crippen molar-refractivity contribution in [1.82, 2.24) is 0 Å². The second-order valence-electron chi connectivity index (χ2n) is 7.91. The lowest BCUT2D eigenvalue weighted by atomic mass is 9.84. The van der Waals surface area contributed by atoms with E-state index in [-0.39, 0.29) is 17.9 Å². The molecule has 0 heterocycles. The molecule has 2 atom stereocenters. The van der Waals surface area contributed by atoms with E-state index in [9.17, 15) is 8.78 Å². The molecule has 2 aromatic carbocycles. The Morgan fingerprint density at radius 3 is 2.16 bits per heavy atom. The Labute approximate surface area is 153 Å². The molecular formula is C21H24ClF2N. The summed E-state index contributed by atoms with van der Waals surface area (Å²) in [5.41, 5.74) is 2.68. The molecule has 4 heteroatoms. The van der Waals surface area contributed by atoms with E-state index in [1.165, 1.54) is 0 Å². The summed E-state index contributed by atoms with van der Waals surface area (Å²) in [6, 6.07) is 14.6. The van der Waals surface area contributed by atoms with Gasteiger partial charge in [-0.2, -0.15) is 0 Å². The van der Waals surface area contributed by atoms with Gasteiger partial charge in [-0.15, -0.1) is 0 Å². The molecule has 1 aliphatic rings. The van der Waals surface area contributed by atoms with Gasteiger partial charge < -0.3 is 5.32 Å². The van der Waals surface area contributed by atoms with E-state index in [1.807, 2.05) is 36.4 Å². The normalized spacial score (nSPS) is 22.8. The molecule has 1 aliphatic carbocycles. The summed E-state index contributed by atoms with van der Waals surface area (Å²) in [6.45, 7) is 6.37. The molecule has 25 heavy (non-hydrogen) atoms. The molecule has 0 spiro atoms. The van der Waals surface area contributed by atoms with Crippen LogP contribution in [-0.4, -0.2) is 12.0 Å². The summed E-state index contributed by atoms with van der Waals surface area (Å²) >= 11 is 5.90. The minimum Gasteiger partial charge on any atom is -0.381 e. The van der Waals surface area contributed by atoms with Crippen molar-refractivity contribution in [2.24, 2.45) is 0 Å². The first kappa shape index (κ1) is 18.2. The van der Waals surface area contributed by atoms with Gasteiger partial charge >= 0.3 is 0 Å².